The molecule has 0 saturated carbocycles. The van der Waals surface area contributed by atoms with E-state index >= 15 is 0 Å². The Morgan fingerprint density at radius 2 is 2.26 bits per heavy atom. The van der Waals surface area contributed by atoms with Gasteiger partial charge < -0.3 is 4.74 Å². The number of rotatable bonds is 5. The van der Waals surface area contributed by atoms with Crippen LogP contribution < -0.4 is 0 Å². The lowest BCUT2D eigenvalue weighted by molar-refractivity contribution is 0.0597. The van der Waals surface area contributed by atoms with E-state index in [-0.39, 0.29) is 5.97 Å². The zero-order chi connectivity index (χ0) is 13.7. The van der Waals surface area contributed by atoms with E-state index in [1.807, 2.05) is 17.9 Å². The average molecular weight is 277 g/mol. The highest BCUT2D eigenvalue weighted by molar-refractivity contribution is 7.07. The molecule has 0 aromatic carbocycles. The molecule has 19 heavy (non-hydrogen) atoms. The Morgan fingerprint density at radius 1 is 1.42 bits per heavy atom. The van der Waals surface area contributed by atoms with Gasteiger partial charge in [0.25, 0.3) is 0 Å². The number of thiazole rings is 1. The number of methoxy groups -OCH3 is 1. The van der Waals surface area contributed by atoms with Gasteiger partial charge in [0.15, 0.2) is 0 Å². The number of hydrogen-bond donors (Lipinski definition) is 0. The van der Waals surface area contributed by atoms with Gasteiger partial charge in [-0.25, -0.2) is 9.78 Å². The summed E-state index contributed by atoms with van der Waals surface area (Å²) in [6.07, 6.45) is 1.68. The van der Waals surface area contributed by atoms with Crippen molar-refractivity contribution >= 4 is 17.3 Å². The maximum atomic E-state index is 11.6. The van der Waals surface area contributed by atoms with Crippen LogP contribution in [0.3, 0.4) is 0 Å². The molecule has 0 amide bonds. The first-order valence-corrected chi connectivity index (χ1v) is 6.73. The fraction of sp³-hybridized carbons (Fsp3) is 0.308. The van der Waals surface area contributed by atoms with Gasteiger partial charge in [-0.2, -0.15) is 0 Å². The van der Waals surface area contributed by atoms with Gasteiger partial charge in [-0.15, -0.1) is 11.3 Å². The normalized spacial score (nSPS) is 10.7. The van der Waals surface area contributed by atoms with Crippen LogP contribution in [0.15, 0.2) is 29.2 Å². The predicted molar refractivity (Wildman–Crippen MR) is 72.9 cm³/mol. The molecule has 0 fully saturated rings. The molecule has 0 aliphatic heterocycles. The lowest BCUT2D eigenvalue weighted by Gasteiger charge is -2.16. The second-order valence-electron chi connectivity index (χ2n) is 4.14. The first-order chi connectivity index (χ1) is 9.20. The molecule has 0 aliphatic rings. The van der Waals surface area contributed by atoms with Crippen LogP contribution in [0.25, 0.3) is 0 Å². The van der Waals surface area contributed by atoms with Gasteiger partial charge >= 0.3 is 5.97 Å². The summed E-state index contributed by atoms with van der Waals surface area (Å²) in [6.45, 7) is 1.30. The number of esters is 1. The Balaban J connectivity index is 2.08. The van der Waals surface area contributed by atoms with Crippen molar-refractivity contribution in [2.24, 2.45) is 0 Å². The van der Waals surface area contributed by atoms with Crippen LogP contribution in [0.4, 0.5) is 0 Å². The Bertz CT molecular complexity index is 543. The van der Waals surface area contributed by atoms with Crippen molar-refractivity contribution in [3.05, 3.63) is 46.2 Å². The zero-order valence-electron chi connectivity index (χ0n) is 10.9. The number of pyridine rings is 1. The summed E-state index contributed by atoms with van der Waals surface area (Å²) in [6, 6.07) is 3.46. The second-order valence-corrected chi connectivity index (χ2v) is 4.86. The first kappa shape index (κ1) is 13.6. The molecule has 0 N–H and O–H groups in total. The molecule has 0 atom stereocenters. The molecule has 2 rings (SSSR count). The number of hydrogen-bond acceptors (Lipinski definition) is 6. The zero-order valence-corrected chi connectivity index (χ0v) is 11.7. The molecule has 0 saturated heterocycles. The van der Waals surface area contributed by atoms with E-state index in [0.29, 0.717) is 17.8 Å². The number of aromatic nitrogens is 2. The van der Waals surface area contributed by atoms with Crippen LogP contribution in [0.2, 0.25) is 0 Å². The van der Waals surface area contributed by atoms with Crippen molar-refractivity contribution in [2.75, 3.05) is 14.2 Å². The van der Waals surface area contributed by atoms with Crippen molar-refractivity contribution in [3.63, 3.8) is 0 Å². The standard InChI is InChI=1S/C13H15N3O2S/c1-16(6-10-8-19-9-15-10)7-12-11(13(17)18-2)4-3-5-14-12/h3-5,8-9H,6-7H2,1-2H3. The average Bonchev–Trinajstić information content (AvgIpc) is 2.91. The predicted octanol–water partition coefficient (Wildman–Crippen LogP) is 1.96. The summed E-state index contributed by atoms with van der Waals surface area (Å²) in [5.41, 5.74) is 4.05. The molecule has 2 heterocycles. The topological polar surface area (TPSA) is 55.3 Å². The summed E-state index contributed by atoms with van der Waals surface area (Å²) < 4.78 is 4.76. The molecule has 0 spiro atoms. The number of nitrogens with zero attached hydrogens (tertiary/aromatic N) is 3. The minimum Gasteiger partial charge on any atom is -0.465 e. The fourth-order valence-corrected chi connectivity index (χ4v) is 2.31. The van der Waals surface area contributed by atoms with Gasteiger partial charge in [-0.1, -0.05) is 0 Å². The van der Waals surface area contributed by atoms with E-state index in [4.69, 9.17) is 4.74 Å². The molecule has 0 aliphatic carbocycles. The van der Waals surface area contributed by atoms with E-state index in [2.05, 4.69) is 14.9 Å². The van der Waals surface area contributed by atoms with E-state index in [0.717, 1.165) is 12.2 Å². The van der Waals surface area contributed by atoms with Gasteiger partial charge in [0.2, 0.25) is 0 Å². The maximum Gasteiger partial charge on any atom is 0.339 e. The van der Waals surface area contributed by atoms with Crippen molar-refractivity contribution in [1.29, 1.82) is 0 Å². The summed E-state index contributed by atoms with van der Waals surface area (Å²) >= 11 is 1.57. The Morgan fingerprint density at radius 3 is 2.95 bits per heavy atom. The molecule has 6 heteroatoms. The Hall–Kier alpha value is -1.79. The number of carbonyl (C=O) groups excluding carboxylic acids is 1. The lowest BCUT2D eigenvalue weighted by Crippen LogP contribution is -2.20. The third kappa shape index (κ3) is 3.59. The smallest absolute Gasteiger partial charge is 0.339 e. The molecular weight excluding hydrogens is 262 g/mol. The highest BCUT2D eigenvalue weighted by Crippen LogP contribution is 2.11. The Kier molecular flexibility index (Phi) is 4.59. The fourth-order valence-electron chi connectivity index (χ4n) is 1.76. The highest BCUT2D eigenvalue weighted by atomic mass is 32.1. The third-order valence-corrected chi connectivity index (χ3v) is 3.27. The van der Waals surface area contributed by atoms with Crippen LogP contribution >= 0.6 is 11.3 Å². The minimum atomic E-state index is -0.356. The molecule has 2 aromatic rings. The van der Waals surface area contributed by atoms with Crippen LogP contribution in [0, 0.1) is 0 Å². The van der Waals surface area contributed by atoms with E-state index < -0.39 is 0 Å². The van der Waals surface area contributed by atoms with Crippen molar-refractivity contribution in [3.8, 4) is 0 Å². The van der Waals surface area contributed by atoms with Gasteiger partial charge in [-0.3, -0.25) is 9.88 Å². The quantitative estimate of drug-likeness (QED) is 0.782. The summed E-state index contributed by atoms with van der Waals surface area (Å²) in [5, 5.41) is 2.01. The summed E-state index contributed by atoms with van der Waals surface area (Å²) in [7, 11) is 3.34. The second kappa shape index (κ2) is 6.40. The number of carbonyl (C=O) groups is 1. The van der Waals surface area contributed by atoms with Gasteiger partial charge in [0.05, 0.1) is 29.6 Å². The lowest BCUT2D eigenvalue weighted by atomic mass is 10.2. The van der Waals surface area contributed by atoms with Crippen molar-refractivity contribution < 1.29 is 9.53 Å². The maximum absolute atomic E-state index is 11.6. The molecule has 0 radical (unpaired) electrons. The Labute approximate surface area is 115 Å². The largest absolute Gasteiger partial charge is 0.465 e. The van der Waals surface area contributed by atoms with Crippen LogP contribution in [-0.2, 0) is 17.8 Å². The molecule has 0 unspecified atom stereocenters. The number of ether oxygens (including phenoxy) is 1. The highest BCUT2D eigenvalue weighted by Gasteiger charge is 2.14. The minimum absolute atomic E-state index is 0.356. The molecular formula is C13H15N3O2S. The van der Waals surface area contributed by atoms with Crippen molar-refractivity contribution in [2.45, 2.75) is 13.1 Å². The molecule has 100 valence electrons. The molecule has 0 bridgehead atoms. The van der Waals surface area contributed by atoms with E-state index in [1.54, 1.807) is 29.7 Å². The van der Waals surface area contributed by atoms with E-state index in [1.165, 1.54) is 7.11 Å². The third-order valence-electron chi connectivity index (χ3n) is 2.63. The van der Waals surface area contributed by atoms with E-state index in [9.17, 15) is 4.79 Å². The summed E-state index contributed by atoms with van der Waals surface area (Å²) in [4.78, 5) is 22.2. The SMILES string of the molecule is COC(=O)c1cccnc1CN(C)Cc1cscn1. The monoisotopic (exact) mass is 277 g/mol. The van der Waals surface area contributed by atoms with Gasteiger partial charge in [-0.05, 0) is 19.2 Å². The molecule has 5 nitrogen and oxygen atoms in total. The summed E-state index contributed by atoms with van der Waals surface area (Å²) in [5.74, 6) is -0.356. The van der Waals surface area contributed by atoms with Crippen molar-refractivity contribution in [1.82, 2.24) is 14.9 Å². The van der Waals surface area contributed by atoms with Crippen LogP contribution in [0.5, 0.6) is 0 Å². The van der Waals surface area contributed by atoms with Crippen LogP contribution in [-0.4, -0.2) is 35.0 Å². The van der Waals surface area contributed by atoms with Gasteiger partial charge in [0, 0.05) is 24.7 Å². The molecule has 2 aromatic heterocycles. The van der Waals surface area contributed by atoms with Crippen LogP contribution in [0.1, 0.15) is 21.7 Å². The van der Waals surface area contributed by atoms with Gasteiger partial charge in [0.1, 0.15) is 0 Å². The first-order valence-electron chi connectivity index (χ1n) is 5.78.